The van der Waals surface area contributed by atoms with Crippen LogP contribution in [0.25, 0.3) is 0 Å². The molecule has 0 radical (unpaired) electrons. The molecule has 1 aromatic heterocycles. The molecule has 1 heterocycles. The normalized spacial score (nSPS) is 10.5. The summed E-state index contributed by atoms with van der Waals surface area (Å²) in [4.78, 5) is 0. The average molecular weight is 202 g/mol. The fraction of sp³-hybridized carbons (Fsp3) is 0.182. The molecule has 2 aromatic rings. The highest BCUT2D eigenvalue weighted by molar-refractivity contribution is 5.61. The highest BCUT2D eigenvalue weighted by atomic mass is 15.3. The Hall–Kier alpha value is -1.97. The number of nitrogens with zero attached hydrogens (tertiary/aromatic N) is 2. The van der Waals surface area contributed by atoms with Gasteiger partial charge in [0.15, 0.2) is 5.82 Å². The molecule has 0 saturated carbocycles. The van der Waals surface area contributed by atoms with E-state index >= 15 is 0 Å². The summed E-state index contributed by atoms with van der Waals surface area (Å²) in [6.07, 6.45) is 0. The summed E-state index contributed by atoms with van der Waals surface area (Å²) in [5.74, 6) is 0.406. The number of hydrogen-bond acceptors (Lipinski definition) is 3. The Labute approximate surface area is 88.5 Å². The van der Waals surface area contributed by atoms with Gasteiger partial charge in [0.25, 0.3) is 0 Å². The van der Waals surface area contributed by atoms with Crippen molar-refractivity contribution in [3.63, 3.8) is 0 Å². The van der Waals surface area contributed by atoms with Gasteiger partial charge < -0.3 is 11.5 Å². The maximum Gasteiger partial charge on any atom is 0.169 e. The van der Waals surface area contributed by atoms with Crippen LogP contribution in [0.15, 0.2) is 30.3 Å². The van der Waals surface area contributed by atoms with Crippen molar-refractivity contribution in [2.24, 2.45) is 0 Å². The molecular weight excluding hydrogens is 188 g/mol. The molecule has 2 rings (SSSR count). The lowest BCUT2D eigenvalue weighted by molar-refractivity contribution is 0.668. The minimum Gasteiger partial charge on any atom is -0.394 e. The zero-order valence-electron chi connectivity index (χ0n) is 8.64. The van der Waals surface area contributed by atoms with Gasteiger partial charge in [-0.1, -0.05) is 30.3 Å². The Morgan fingerprint density at radius 2 is 1.87 bits per heavy atom. The van der Waals surface area contributed by atoms with Gasteiger partial charge in [0.1, 0.15) is 0 Å². The fourth-order valence-electron chi connectivity index (χ4n) is 1.49. The minimum atomic E-state index is 0.406. The van der Waals surface area contributed by atoms with Crippen molar-refractivity contribution in [2.45, 2.75) is 13.5 Å². The van der Waals surface area contributed by atoms with Crippen LogP contribution < -0.4 is 11.5 Å². The van der Waals surface area contributed by atoms with E-state index in [9.17, 15) is 0 Å². The van der Waals surface area contributed by atoms with Crippen LogP contribution >= 0.6 is 0 Å². The van der Waals surface area contributed by atoms with Crippen LogP contribution in [0, 0.1) is 6.92 Å². The SMILES string of the molecule is Cc1c(N)c(N)nn1Cc1ccccc1. The summed E-state index contributed by atoms with van der Waals surface area (Å²) in [5, 5.41) is 4.17. The Morgan fingerprint density at radius 3 is 2.40 bits per heavy atom. The predicted octanol–water partition coefficient (Wildman–Crippen LogP) is 1.40. The van der Waals surface area contributed by atoms with Gasteiger partial charge in [-0.25, -0.2) is 0 Å². The van der Waals surface area contributed by atoms with E-state index < -0.39 is 0 Å². The molecule has 78 valence electrons. The van der Waals surface area contributed by atoms with Gasteiger partial charge in [0.05, 0.1) is 17.9 Å². The van der Waals surface area contributed by atoms with Crippen molar-refractivity contribution in [1.82, 2.24) is 9.78 Å². The number of rotatable bonds is 2. The molecule has 0 saturated heterocycles. The number of nitrogen functional groups attached to an aromatic ring is 2. The van der Waals surface area contributed by atoms with E-state index in [4.69, 9.17) is 11.5 Å². The number of aromatic nitrogens is 2. The van der Waals surface area contributed by atoms with E-state index in [1.165, 1.54) is 5.56 Å². The largest absolute Gasteiger partial charge is 0.394 e. The molecule has 4 heteroatoms. The molecule has 4 nitrogen and oxygen atoms in total. The van der Waals surface area contributed by atoms with E-state index in [2.05, 4.69) is 5.10 Å². The molecule has 0 bridgehead atoms. The molecule has 0 atom stereocenters. The van der Waals surface area contributed by atoms with Crippen LogP contribution in [0.2, 0.25) is 0 Å². The van der Waals surface area contributed by atoms with Gasteiger partial charge in [-0.15, -0.1) is 0 Å². The third kappa shape index (κ3) is 1.79. The lowest BCUT2D eigenvalue weighted by atomic mass is 10.2. The summed E-state index contributed by atoms with van der Waals surface area (Å²) in [7, 11) is 0. The molecule has 0 amide bonds. The van der Waals surface area contributed by atoms with Crippen molar-refractivity contribution in [1.29, 1.82) is 0 Å². The number of hydrogen-bond donors (Lipinski definition) is 2. The zero-order valence-corrected chi connectivity index (χ0v) is 8.64. The Balaban J connectivity index is 2.29. The van der Waals surface area contributed by atoms with Crippen LogP contribution in [0.4, 0.5) is 11.5 Å². The Morgan fingerprint density at radius 1 is 1.20 bits per heavy atom. The Bertz CT molecular complexity index is 459. The third-order valence-electron chi connectivity index (χ3n) is 2.46. The average Bonchev–Trinajstić information content (AvgIpc) is 2.48. The maximum atomic E-state index is 5.75. The maximum absolute atomic E-state index is 5.75. The number of benzene rings is 1. The molecule has 1 aromatic carbocycles. The van der Waals surface area contributed by atoms with Gasteiger partial charge in [0, 0.05) is 0 Å². The lowest BCUT2D eigenvalue weighted by Gasteiger charge is -2.03. The first-order valence-corrected chi connectivity index (χ1v) is 4.81. The summed E-state index contributed by atoms with van der Waals surface area (Å²) >= 11 is 0. The van der Waals surface area contributed by atoms with E-state index in [-0.39, 0.29) is 0 Å². The molecule has 4 N–H and O–H groups in total. The zero-order chi connectivity index (χ0) is 10.8. The molecule has 0 spiro atoms. The monoisotopic (exact) mass is 202 g/mol. The first-order chi connectivity index (χ1) is 7.18. The number of anilines is 2. The standard InChI is InChI=1S/C11H14N4/c1-8-10(12)11(13)14-15(8)7-9-5-3-2-4-6-9/h2-6H,7,12H2,1H3,(H2,13,14). The van der Waals surface area contributed by atoms with E-state index in [0.29, 0.717) is 18.1 Å². The van der Waals surface area contributed by atoms with Gasteiger partial charge in [0.2, 0.25) is 0 Å². The highest BCUT2D eigenvalue weighted by Gasteiger charge is 2.08. The second-order valence-corrected chi connectivity index (χ2v) is 3.53. The van der Waals surface area contributed by atoms with E-state index in [0.717, 1.165) is 5.69 Å². The van der Waals surface area contributed by atoms with Crippen LogP contribution in [0.1, 0.15) is 11.3 Å². The lowest BCUT2D eigenvalue weighted by Crippen LogP contribution is -2.04. The quantitative estimate of drug-likeness (QED) is 0.773. The molecule has 0 aliphatic heterocycles. The summed E-state index contributed by atoms with van der Waals surface area (Å²) < 4.78 is 1.82. The van der Waals surface area contributed by atoms with Crippen LogP contribution in [-0.2, 0) is 6.54 Å². The van der Waals surface area contributed by atoms with Crippen LogP contribution in [0.5, 0.6) is 0 Å². The minimum absolute atomic E-state index is 0.406. The molecule has 0 fully saturated rings. The molecule has 0 aliphatic carbocycles. The first-order valence-electron chi connectivity index (χ1n) is 4.81. The van der Waals surface area contributed by atoms with Crippen molar-refractivity contribution in [3.8, 4) is 0 Å². The smallest absolute Gasteiger partial charge is 0.169 e. The number of nitrogens with two attached hydrogens (primary N) is 2. The second kappa shape index (κ2) is 3.65. The second-order valence-electron chi connectivity index (χ2n) is 3.53. The van der Waals surface area contributed by atoms with Crippen LogP contribution in [-0.4, -0.2) is 9.78 Å². The summed E-state index contributed by atoms with van der Waals surface area (Å²) in [5.41, 5.74) is 14.1. The molecule has 15 heavy (non-hydrogen) atoms. The molecule has 0 unspecified atom stereocenters. The molecule has 0 aliphatic rings. The first kappa shape index (κ1) is 9.58. The van der Waals surface area contributed by atoms with Crippen molar-refractivity contribution in [2.75, 3.05) is 11.5 Å². The topological polar surface area (TPSA) is 69.9 Å². The summed E-state index contributed by atoms with van der Waals surface area (Å²) in [6.45, 7) is 2.62. The third-order valence-corrected chi connectivity index (χ3v) is 2.46. The van der Waals surface area contributed by atoms with Gasteiger partial charge in [-0.05, 0) is 12.5 Å². The van der Waals surface area contributed by atoms with Crippen molar-refractivity contribution in [3.05, 3.63) is 41.6 Å². The summed E-state index contributed by atoms with van der Waals surface area (Å²) in [6, 6.07) is 10.1. The van der Waals surface area contributed by atoms with Gasteiger partial charge >= 0.3 is 0 Å². The van der Waals surface area contributed by atoms with E-state index in [1.807, 2.05) is 41.9 Å². The Kier molecular flexibility index (Phi) is 2.33. The highest BCUT2D eigenvalue weighted by Crippen LogP contribution is 2.18. The van der Waals surface area contributed by atoms with Gasteiger partial charge in [-0.2, -0.15) is 5.10 Å². The van der Waals surface area contributed by atoms with Gasteiger partial charge in [-0.3, -0.25) is 4.68 Å². The predicted molar refractivity (Wildman–Crippen MR) is 61.3 cm³/mol. The fourth-order valence-corrected chi connectivity index (χ4v) is 1.49. The van der Waals surface area contributed by atoms with Crippen molar-refractivity contribution < 1.29 is 0 Å². The molecular formula is C11H14N4. The van der Waals surface area contributed by atoms with E-state index in [1.54, 1.807) is 0 Å². The van der Waals surface area contributed by atoms with Crippen molar-refractivity contribution >= 4 is 11.5 Å². The van der Waals surface area contributed by atoms with Crippen LogP contribution in [0.3, 0.4) is 0 Å².